The van der Waals surface area contributed by atoms with Crippen LogP contribution in [-0.2, 0) is 16.1 Å². The van der Waals surface area contributed by atoms with Gasteiger partial charge in [-0.15, -0.1) is 0 Å². The van der Waals surface area contributed by atoms with E-state index >= 15 is 0 Å². The van der Waals surface area contributed by atoms with Crippen molar-refractivity contribution in [2.45, 2.75) is 13.5 Å². The average Bonchev–Trinajstić information content (AvgIpc) is 2.55. The van der Waals surface area contributed by atoms with Gasteiger partial charge < -0.3 is 10.6 Å². The summed E-state index contributed by atoms with van der Waals surface area (Å²) in [6, 6.07) is 14.4. The molecule has 0 aliphatic heterocycles. The van der Waals surface area contributed by atoms with E-state index in [4.69, 9.17) is 23.2 Å². The van der Waals surface area contributed by atoms with Crippen LogP contribution in [0.1, 0.15) is 18.1 Å². The molecule has 0 bridgehead atoms. The third kappa shape index (κ3) is 5.41. The molecule has 0 radical (unpaired) electrons. The van der Waals surface area contributed by atoms with Crippen LogP contribution >= 0.6 is 23.2 Å². The zero-order valence-electron chi connectivity index (χ0n) is 13.0. The minimum Gasteiger partial charge on any atom is -0.347 e. The zero-order chi connectivity index (χ0) is 17.5. The first kappa shape index (κ1) is 18.0. The lowest BCUT2D eigenvalue weighted by Gasteiger charge is -2.10. The lowest BCUT2D eigenvalue weighted by atomic mass is 10.2. The number of carbonyl (C=O) groups is 2. The third-order valence-corrected chi connectivity index (χ3v) is 3.84. The molecule has 0 aliphatic carbocycles. The fraction of sp³-hybridized carbons (Fsp3) is 0.111. The van der Waals surface area contributed by atoms with Gasteiger partial charge in [0.05, 0.1) is 10.0 Å². The summed E-state index contributed by atoms with van der Waals surface area (Å²) in [4.78, 5) is 23.7. The molecular weight excluding hydrogens is 347 g/mol. The molecule has 2 aromatic carbocycles. The van der Waals surface area contributed by atoms with Gasteiger partial charge in [-0.05, 0) is 29.3 Å². The van der Waals surface area contributed by atoms with Crippen molar-refractivity contribution in [3.8, 4) is 0 Å². The molecule has 24 heavy (non-hydrogen) atoms. The van der Waals surface area contributed by atoms with Crippen molar-refractivity contribution in [3.05, 3.63) is 75.4 Å². The molecule has 0 spiro atoms. The Morgan fingerprint density at radius 1 is 1.04 bits per heavy atom. The Morgan fingerprint density at radius 3 is 2.38 bits per heavy atom. The first-order valence-electron chi connectivity index (χ1n) is 7.22. The Kier molecular flexibility index (Phi) is 6.41. The van der Waals surface area contributed by atoms with Crippen molar-refractivity contribution >= 4 is 41.1 Å². The van der Waals surface area contributed by atoms with E-state index in [1.54, 1.807) is 24.3 Å². The van der Waals surface area contributed by atoms with E-state index in [0.717, 1.165) is 11.1 Å². The summed E-state index contributed by atoms with van der Waals surface area (Å²) in [7, 11) is 0. The number of hydrogen-bond donors (Lipinski definition) is 2. The van der Waals surface area contributed by atoms with Gasteiger partial charge in [0.1, 0.15) is 5.70 Å². The minimum absolute atomic E-state index is 0.175. The van der Waals surface area contributed by atoms with E-state index in [-0.39, 0.29) is 24.1 Å². The van der Waals surface area contributed by atoms with Crippen molar-refractivity contribution in [2.75, 3.05) is 0 Å². The molecule has 2 rings (SSSR count). The van der Waals surface area contributed by atoms with Gasteiger partial charge in [-0.3, -0.25) is 9.59 Å². The molecule has 0 atom stereocenters. The molecule has 0 saturated heterocycles. The van der Waals surface area contributed by atoms with E-state index in [9.17, 15) is 9.59 Å². The zero-order valence-corrected chi connectivity index (χ0v) is 14.5. The molecule has 0 saturated carbocycles. The van der Waals surface area contributed by atoms with Gasteiger partial charge in [-0.2, -0.15) is 0 Å². The van der Waals surface area contributed by atoms with E-state index in [1.165, 1.54) is 6.92 Å². The van der Waals surface area contributed by atoms with Crippen LogP contribution in [0.2, 0.25) is 10.0 Å². The lowest BCUT2D eigenvalue weighted by Crippen LogP contribution is -2.33. The second kappa shape index (κ2) is 8.52. The number of hydrogen-bond acceptors (Lipinski definition) is 2. The molecule has 0 aliphatic rings. The van der Waals surface area contributed by atoms with Crippen LogP contribution in [0.5, 0.6) is 0 Å². The largest absolute Gasteiger partial charge is 0.347 e. The third-order valence-electron chi connectivity index (χ3n) is 3.10. The summed E-state index contributed by atoms with van der Waals surface area (Å²) in [5.41, 5.74) is 1.79. The number of benzene rings is 2. The summed E-state index contributed by atoms with van der Waals surface area (Å²) in [6.45, 7) is 1.62. The van der Waals surface area contributed by atoms with Gasteiger partial charge in [-0.1, -0.05) is 59.6 Å². The highest BCUT2D eigenvalue weighted by Gasteiger charge is 2.11. The fourth-order valence-electron chi connectivity index (χ4n) is 1.99. The van der Waals surface area contributed by atoms with Crippen LogP contribution < -0.4 is 10.6 Å². The molecule has 124 valence electrons. The highest BCUT2D eigenvalue weighted by Crippen LogP contribution is 2.22. The van der Waals surface area contributed by atoms with E-state index < -0.39 is 0 Å². The molecular formula is C18H16Cl2N2O2. The van der Waals surface area contributed by atoms with Gasteiger partial charge in [0, 0.05) is 13.5 Å². The molecule has 0 aromatic heterocycles. The van der Waals surface area contributed by atoms with Crippen LogP contribution in [0.25, 0.3) is 6.08 Å². The van der Waals surface area contributed by atoms with Crippen LogP contribution in [0, 0.1) is 0 Å². The summed E-state index contributed by atoms with van der Waals surface area (Å²) in [5.74, 6) is -0.706. The Bertz CT molecular complexity index is 774. The van der Waals surface area contributed by atoms with E-state index in [1.807, 2.05) is 30.3 Å². The van der Waals surface area contributed by atoms with Gasteiger partial charge in [-0.25, -0.2) is 0 Å². The maximum absolute atomic E-state index is 12.4. The number of rotatable bonds is 5. The summed E-state index contributed by atoms with van der Waals surface area (Å²) in [6.07, 6.45) is 1.62. The predicted molar refractivity (Wildman–Crippen MR) is 96.5 cm³/mol. The fourth-order valence-corrected chi connectivity index (χ4v) is 2.31. The molecule has 0 heterocycles. The van der Waals surface area contributed by atoms with Crippen LogP contribution in [-0.4, -0.2) is 11.8 Å². The predicted octanol–water partition coefficient (Wildman–Crippen LogP) is 3.79. The highest BCUT2D eigenvalue weighted by molar-refractivity contribution is 6.42. The SMILES string of the molecule is CC(=O)N/C(=C\c1ccccc1)C(=O)NCc1ccc(Cl)c(Cl)c1. The van der Waals surface area contributed by atoms with Crippen molar-refractivity contribution in [1.82, 2.24) is 10.6 Å². The second-order valence-corrected chi connectivity index (χ2v) is 5.90. The standard InChI is InChI=1S/C18H16Cl2N2O2/c1-12(23)22-17(10-13-5-3-2-4-6-13)18(24)21-11-14-7-8-15(19)16(20)9-14/h2-10H,11H2,1H3,(H,21,24)(H,22,23)/b17-10-. The van der Waals surface area contributed by atoms with Gasteiger partial charge in [0.25, 0.3) is 5.91 Å². The van der Waals surface area contributed by atoms with Crippen LogP contribution in [0.15, 0.2) is 54.2 Å². The smallest absolute Gasteiger partial charge is 0.268 e. The van der Waals surface area contributed by atoms with Crippen LogP contribution in [0.3, 0.4) is 0 Å². The lowest BCUT2D eigenvalue weighted by molar-refractivity contribution is -0.122. The average molecular weight is 363 g/mol. The summed E-state index contributed by atoms with van der Waals surface area (Å²) >= 11 is 11.8. The van der Waals surface area contributed by atoms with Crippen molar-refractivity contribution in [3.63, 3.8) is 0 Å². The Hall–Kier alpha value is -2.30. The molecule has 2 aromatic rings. The van der Waals surface area contributed by atoms with E-state index in [2.05, 4.69) is 10.6 Å². The van der Waals surface area contributed by atoms with Crippen molar-refractivity contribution < 1.29 is 9.59 Å². The van der Waals surface area contributed by atoms with Crippen LogP contribution in [0.4, 0.5) is 0 Å². The van der Waals surface area contributed by atoms with Gasteiger partial charge in [0.2, 0.25) is 5.91 Å². The maximum atomic E-state index is 12.4. The highest BCUT2D eigenvalue weighted by atomic mass is 35.5. The first-order valence-corrected chi connectivity index (χ1v) is 7.98. The Morgan fingerprint density at radius 2 is 1.75 bits per heavy atom. The number of carbonyl (C=O) groups excluding carboxylic acids is 2. The maximum Gasteiger partial charge on any atom is 0.268 e. The second-order valence-electron chi connectivity index (χ2n) is 5.08. The topological polar surface area (TPSA) is 58.2 Å². The van der Waals surface area contributed by atoms with Crippen molar-refractivity contribution in [2.24, 2.45) is 0 Å². The van der Waals surface area contributed by atoms with E-state index in [0.29, 0.717) is 10.0 Å². The quantitative estimate of drug-likeness (QED) is 0.795. The Labute approximate surface area is 150 Å². The van der Waals surface area contributed by atoms with Crippen molar-refractivity contribution in [1.29, 1.82) is 0 Å². The molecule has 6 heteroatoms. The van der Waals surface area contributed by atoms with Gasteiger partial charge in [0.15, 0.2) is 0 Å². The minimum atomic E-state index is -0.389. The Balaban J connectivity index is 2.11. The molecule has 0 unspecified atom stereocenters. The monoisotopic (exact) mass is 362 g/mol. The summed E-state index contributed by atoms with van der Waals surface area (Å²) in [5, 5.41) is 6.17. The number of halogens is 2. The summed E-state index contributed by atoms with van der Waals surface area (Å²) < 4.78 is 0. The number of nitrogens with one attached hydrogen (secondary N) is 2. The number of amides is 2. The first-order chi connectivity index (χ1) is 11.5. The molecule has 2 N–H and O–H groups in total. The molecule has 4 nitrogen and oxygen atoms in total. The normalized spacial score (nSPS) is 11.0. The molecule has 2 amide bonds. The van der Waals surface area contributed by atoms with Gasteiger partial charge >= 0.3 is 0 Å². The molecule has 0 fully saturated rings.